The highest BCUT2D eigenvalue weighted by Crippen LogP contribution is 2.16. The molecule has 1 heterocycles. The van der Waals surface area contributed by atoms with Crippen LogP contribution in [0.2, 0.25) is 0 Å². The molecule has 0 radical (unpaired) electrons. The van der Waals surface area contributed by atoms with Gasteiger partial charge in [0.25, 0.3) is 0 Å². The number of anilines is 1. The number of aryl methyl sites for hydroxylation is 2. The van der Waals surface area contributed by atoms with E-state index in [4.69, 9.17) is 0 Å². The third-order valence-corrected chi connectivity index (χ3v) is 3.71. The predicted molar refractivity (Wildman–Crippen MR) is 97.1 cm³/mol. The smallest absolute Gasteiger partial charge is 0.243 e. The Balaban J connectivity index is 2.17. The highest BCUT2D eigenvalue weighted by molar-refractivity contribution is 5.99. The molecule has 4 heteroatoms. The second kappa shape index (κ2) is 7.86. The maximum Gasteiger partial charge on any atom is 0.243 e. The zero-order valence-electron chi connectivity index (χ0n) is 14.7. The number of hydrogen-bond acceptors (Lipinski definition) is 4. The van der Waals surface area contributed by atoms with E-state index in [0.29, 0.717) is 11.9 Å². The Bertz CT molecular complexity index is 690. The Morgan fingerprint density at radius 1 is 1.22 bits per heavy atom. The second-order valence-corrected chi connectivity index (χ2v) is 6.16. The minimum Gasteiger partial charge on any atom is -0.245 e. The van der Waals surface area contributed by atoms with Crippen molar-refractivity contribution in [3.05, 3.63) is 52.8 Å². The molecule has 2 aromatic rings. The van der Waals surface area contributed by atoms with E-state index in [1.165, 1.54) is 5.56 Å². The lowest BCUT2D eigenvalue weighted by atomic mass is 9.99. The van der Waals surface area contributed by atoms with E-state index >= 15 is 0 Å². The summed E-state index contributed by atoms with van der Waals surface area (Å²) in [7, 11) is 0. The van der Waals surface area contributed by atoms with Crippen molar-refractivity contribution in [3.63, 3.8) is 0 Å². The van der Waals surface area contributed by atoms with Gasteiger partial charge < -0.3 is 0 Å². The number of hydrazone groups is 1. The normalized spacial score (nSPS) is 11.8. The first-order valence-corrected chi connectivity index (χ1v) is 8.24. The van der Waals surface area contributed by atoms with Crippen LogP contribution in [-0.2, 0) is 6.42 Å². The first kappa shape index (κ1) is 17.1. The van der Waals surface area contributed by atoms with Crippen molar-refractivity contribution in [1.29, 1.82) is 0 Å². The molecule has 23 heavy (non-hydrogen) atoms. The minimum atomic E-state index is 0.507. The van der Waals surface area contributed by atoms with E-state index in [-0.39, 0.29) is 0 Å². The Morgan fingerprint density at radius 3 is 2.70 bits per heavy atom. The molecule has 0 bridgehead atoms. The van der Waals surface area contributed by atoms with E-state index in [1.54, 1.807) is 0 Å². The minimum absolute atomic E-state index is 0.507. The van der Waals surface area contributed by atoms with Gasteiger partial charge in [0, 0.05) is 11.4 Å². The Labute approximate surface area is 139 Å². The molecular weight excluding hydrogens is 284 g/mol. The molecule has 4 nitrogen and oxygen atoms in total. The van der Waals surface area contributed by atoms with Gasteiger partial charge in [0.2, 0.25) is 5.95 Å². The molecular formula is C19H26N4. The Hall–Kier alpha value is -2.23. The van der Waals surface area contributed by atoms with Crippen LogP contribution in [0.15, 0.2) is 35.4 Å². The van der Waals surface area contributed by atoms with Crippen LogP contribution in [0.5, 0.6) is 0 Å². The van der Waals surface area contributed by atoms with E-state index in [2.05, 4.69) is 65.5 Å². The van der Waals surface area contributed by atoms with Gasteiger partial charge in [0.1, 0.15) is 0 Å². The third-order valence-electron chi connectivity index (χ3n) is 3.71. The Kier molecular flexibility index (Phi) is 5.85. The highest BCUT2D eigenvalue weighted by Gasteiger charge is 2.04. The summed E-state index contributed by atoms with van der Waals surface area (Å²) in [4.78, 5) is 8.90. The van der Waals surface area contributed by atoms with E-state index in [1.807, 2.05) is 19.9 Å². The number of nitrogens with zero attached hydrogens (tertiary/aromatic N) is 3. The van der Waals surface area contributed by atoms with Gasteiger partial charge in [-0.2, -0.15) is 5.10 Å². The standard InChI is InChI=1S/C19H26N4/c1-6-8-18-11-14(4)20-19(21-18)23-22-15(5)17-10-7-9-16(12-17)13(2)3/h7,9-13H,6,8H2,1-5H3,(H,20,21,23). The van der Waals surface area contributed by atoms with Crippen molar-refractivity contribution in [3.8, 4) is 0 Å². The molecule has 0 aliphatic rings. The number of hydrogen-bond donors (Lipinski definition) is 1. The van der Waals surface area contributed by atoms with Gasteiger partial charge in [-0.15, -0.1) is 0 Å². The van der Waals surface area contributed by atoms with Crippen LogP contribution in [0.3, 0.4) is 0 Å². The number of aromatic nitrogens is 2. The van der Waals surface area contributed by atoms with Gasteiger partial charge in [0.05, 0.1) is 5.71 Å². The second-order valence-electron chi connectivity index (χ2n) is 6.16. The molecule has 122 valence electrons. The lowest BCUT2D eigenvalue weighted by molar-refractivity contribution is 0.865. The molecule has 0 aliphatic carbocycles. The summed E-state index contributed by atoms with van der Waals surface area (Å²) in [5.41, 5.74) is 8.36. The van der Waals surface area contributed by atoms with Crippen LogP contribution in [-0.4, -0.2) is 15.7 Å². The molecule has 0 amide bonds. The van der Waals surface area contributed by atoms with Crippen molar-refractivity contribution < 1.29 is 0 Å². The predicted octanol–water partition coefficient (Wildman–Crippen LogP) is 4.70. The van der Waals surface area contributed by atoms with Crippen LogP contribution in [0, 0.1) is 6.92 Å². The highest BCUT2D eigenvalue weighted by atomic mass is 15.4. The number of rotatable bonds is 6. The average Bonchev–Trinajstić information content (AvgIpc) is 2.52. The molecule has 1 aromatic heterocycles. The van der Waals surface area contributed by atoms with Crippen LogP contribution < -0.4 is 5.43 Å². The van der Waals surface area contributed by atoms with Crippen molar-refractivity contribution in [2.45, 2.75) is 53.4 Å². The quantitative estimate of drug-likeness (QED) is 0.621. The summed E-state index contributed by atoms with van der Waals surface area (Å²) in [5, 5.41) is 4.45. The molecule has 0 atom stereocenters. The molecule has 1 aromatic carbocycles. The van der Waals surface area contributed by atoms with Gasteiger partial charge in [-0.3, -0.25) is 0 Å². The fraction of sp³-hybridized carbons (Fsp3) is 0.421. The van der Waals surface area contributed by atoms with Gasteiger partial charge in [0.15, 0.2) is 0 Å². The molecule has 0 spiro atoms. The first-order chi connectivity index (χ1) is 11.0. The van der Waals surface area contributed by atoms with Crippen molar-refractivity contribution in [1.82, 2.24) is 9.97 Å². The molecule has 0 unspecified atom stereocenters. The number of benzene rings is 1. The van der Waals surface area contributed by atoms with Crippen molar-refractivity contribution >= 4 is 11.7 Å². The van der Waals surface area contributed by atoms with Gasteiger partial charge in [-0.05, 0) is 49.4 Å². The first-order valence-electron chi connectivity index (χ1n) is 8.24. The van der Waals surface area contributed by atoms with Gasteiger partial charge in [-0.25, -0.2) is 15.4 Å². The molecule has 1 N–H and O–H groups in total. The molecule has 0 aliphatic heterocycles. The molecule has 0 saturated carbocycles. The topological polar surface area (TPSA) is 50.2 Å². The van der Waals surface area contributed by atoms with Crippen LogP contribution in [0.1, 0.15) is 62.5 Å². The fourth-order valence-corrected chi connectivity index (χ4v) is 2.39. The van der Waals surface area contributed by atoms with Gasteiger partial charge >= 0.3 is 0 Å². The SMILES string of the molecule is CCCc1cc(C)nc(NN=C(C)c2cccc(C(C)C)c2)n1. The fourth-order valence-electron chi connectivity index (χ4n) is 2.39. The molecule has 2 rings (SSSR count). The van der Waals surface area contributed by atoms with Crippen molar-refractivity contribution in [2.75, 3.05) is 5.43 Å². The average molecular weight is 310 g/mol. The van der Waals surface area contributed by atoms with Gasteiger partial charge in [-0.1, -0.05) is 45.4 Å². The van der Waals surface area contributed by atoms with Crippen LogP contribution in [0.4, 0.5) is 5.95 Å². The Morgan fingerprint density at radius 2 is 2.00 bits per heavy atom. The lowest BCUT2D eigenvalue weighted by Gasteiger charge is -2.09. The summed E-state index contributed by atoms with van der Waals surface area (Å²) in [6.07, 6.45) is 2.03. The van der Waals surface area contributed by atoms with Crippen LogP contribution >= 0.6 is 0 Å². The van der Waals surface area contributed by atoms with Crippen molar-refractivity contribution in [2.24, 2.45) is 5.10 Å². The lowest BCUT2D eigenvalue weighted by Crippen LogP contribution is -2.05. The van der Waals surface area contributed by atoms with E-state index < -0.39 is 0 Å². The maximum absolute atomic E-state index is 4.51. The third kappa shape index (κ3) is 4.88. The van der Waals surface area contributed by atoms with E-state index in [9.17, 15) is 0 Å². The van der Waals surface area contributed by atoms with E-state index in [0.717, 1.165) is 35.5 Å². The maximum atomic E-state index is 4.51. The summed E-state index contributed by atoms with van der Waals surface area (Å²) in [6.45, 7) is 10.5. The largest absolute Gasteiger partial charge is 0.245 e. The molecule has 0 fully saturated rings. The summed E-state index contributed by atoms with van der Waals surface area (Å²) >= 11 is 0. The summed E-state index contributed by atoms with van der Waals surface area (Å²) in [6, 6.07) is 10.5. The molecule has 0 saturated heterocycles. The number of nitrogens with one attached hydrogen (secondary N) is 1. The zero-order valence-corrected chi connectivity index (χ0v) is 14.7. The summed E-state index contributed by atoms with van der Waals surface area (Å²) < 4.78 is 0. The zero-order chi connectivity index (χ0) is 16.8. The summed E-state index contributed by atoms with van der Waals surface area (Å²) in [5.74, 6) is 1.07. The van der Waals surface area contributed by atoms with Crippen LogP contribution in [0.25, 0.3) is 0 Å². The monoisotopic (exact) mass is 310 g/mol.